The predicted octanol–water partition coefficient (Wildman–Crippen LogP) is 2.10. The predicted molar refractivity (Wildman–Crippen MR) is 71.5 cm³/mol. The maximum absolute atomic E-state index is 11.7. The van der Waals surface area contributed by atoms with E-state index in [1.54, 1.807) is 12.3 Å². The fourth-order valence-corrected chi connectivity index (χ4v) is 1.78. The van der Waals surface area contributed by atoms with Gasteiger partial charge in [0.05, 0.1) is 5.02 Å². The number of carbonyl (C=O) groups is 1. The van der Waals surface area contributed by atoms with E-state index in [1.807, 2.05) is 30.3 Å². The molecule has 0 radical (unpaired) electrons. The van der Waals surface area contributed by atoms with Crippen molar-refractivity contribution in [3.05, 3.63) is 58.9 Å². The number of H-pyrrole nitrogens is 1. The van der Waals surface area contributed by atoms with Crippen LogP contribution in [0.1, 0.15) is 22.1 Å². The van der Waals surface area contributed by atoms with Gasteiger partial charge in [0, 0.05) is 18.8 Å². The fraction of sp³-hybridized carbons (Fsp3) is 0.154. The zero-order valence-electron chi connectivity index (χ0n) is 9.69. The number of hydrogen-bond acceptors (Lipinski definition) is 2. The van der Waals surface area contributed by atoms with Gasteiger partial charge in [-0.05, 0) is 11.6 Å². The van der Waals surface area contributed by atoms with E-state index in [9.17, 15) is 4.79 Å². The van der Waals surface area contributed by atoms with Crippen molar-refractivity contribution in [2.24, 2.45) is 5.73 Å². The number of aromatic amines is 1. The van der Waals surface area contributed by atoms with Crippen molar-refractivity contribution < 1.29 is 4.79 Å². The van der Waals surface area contributed by atoms with Gasteiger partial charge in [0.15, 0.2) is 0 Å². The fourth-order valence-electron chi connectivity index (χ4n) is 1.61. The SMILES string of the molecule is NC(CNC(=O)c1cc(Cl)c[nH]1)c1ccccc1. The van der Waals surface area contributed by atoms with Crippen LogP contribution >= 0.6 is 11.6 Å². The largest absolute Gasteiger partial charge is 0.356 e. The Hall–Kier alpha value is -1.78. The molecule has 94 valence electrons. The van der Waals surface area contributed by atoms with Crippen molar-refractivity contribution in [3.8, 4) is 0 Å². The molecule has 1 amide bonds. The summed E-state index contributed by atoms with van der Waals surface area (Å²) in [5.41, 5.74) is 7.39. The van der Waals surface area contributed by atoms with Crippen LogP contribution in [0.5, 0.6) is 0 Å². The minimum atomic E-state index is -0.222. The van der Waals surface area contributed by atoms with Gasteiger partial charge in [-0.1, -0.05) is 41.9 Å². The Morgan fingerprint density at radius 2 is 2.11 bits per heavy atom. The third-order valence-electron chi connectivity index (χ3n) is 2.60. The minimum absolute atomic E-state index is 0.215. The molecule has 4 nitrogen and oxygen atoms in total. The van der Waals surface area contributed by atoms with Crippen LogP contribution in [-0.2, 0) is 0 Å². The van der Waals surface area contributed by atoms with E-state index in [0.717, 1.165) is 5.56 Å². The molecule has 0 bridgehead atoms. The standard InChI is InChI=1S/C13H14ClN3O/c14-10-6-12(16-7-10)13(18)17-8-11(15)9-4-2-1-3-5-9/h1-7,11,16H,8,15H2,(H,17,18). The second kappa shape index (κ2) is 5.71. The first-order valence-electron chi connectivity index (χ1n) is 5.59. The molecule has 0 aliphatic heterocycles. The average Bonchev–Trinajstić information content (AvgIpc) is 2.83. The van der Waals surface area contributed by atoms with E-state index >= 15 is 0 Å². The highest BCUT2D eigenvalue weighted by molar-refractivity contribution is 6.30. The summed E-state index contributed by atoms with van der Waals surface area (Å²) in [6, 6.07) is 11.0. The molecule has 4 N–H and O–H groups in total. The van der Waals surface area contributed by atoms with Crippen LogP contribution in [-0.4, -0.2) is 17.4 Å². The van der Waals surface area contributed by atoms with Gasteiger partial charge in [0.1, 0.15) is 5.69 Å². The molecule has 0 fully saturated rings. The first-order chi connectivity index (χ1) is 8.66. The zero-order valence-corrected chi connectivity index (χ0v) is 10.4. The normalized spacial score (nSPS) is 12.1. The summed E-state index contributed by atoms with van der Waals surface area (Å²) in [6.45, 7) is 0.374. The highest BCUT2D eigenvalue weighted by Gasteiger charge is 2.10. The number of nitrogens with one attached hydrogen (secondary N) is 2. The highest BCUT2D eigenvalue weighted by atomic mass is 35.5. The topological polar surface area (TPSA) is 70.9 Å². The van der Waals surface area contributed by atoms with E-state index in [1.165, 1.54) is 0 Å². The van der Waals surface area contributed by atoms with Gasteiger partial charge in [-0.2, -0.15) is 0 Å². The van der Waals surface area contributed by atoms with Crippen molar-refractivity contribution in [2.75, 3.05) is 6.54 Å². The lowest BCUT2D eigenvalue weighted by molar-refractivity contribution is 0.0947. The number of aromatic nitrogens is 1. The molecular weight excluding hydrogens is 250 g/mol. The Morgan fingerprint density at radius 1 is 1.39 bits per heavy atom. The van der Waals surface area contributed by atoms with Crippen molar-refractivity contribution in [2.45, 2.75) is 6.04 Å². The number of carbonyl (C=O) groups excluding carboxylic acids is 1. The first kappa shape index (κ1) is 12.7. The van der Waals surface area contributed by atoms with Crippen LogP contribution in [0.4, 0.5) is 0 Å². The smallest absolute Gasteiger partial charge is 0.267 e. The number of nitrogens with two attached hydrogens (primary N) is 1. The van der Waals surface area contributed by atoms with E-state index in [0.29, 0.717) is 17.3 Å². The highest BCUT2D eigenvalue weighted by Crippen LogP contribution is 2.10. The second-order valence-corrected chi connectivity index (χ2v) is 4.40. The summed E-state index contributed by atoms with van der Waals surface area (Å²) >= 11 is 5.73. The molecule has 0 spiro atoms. The molecule has 1 aromatic heterocycles. The third kappa shape index (κ3) is 3.12. The van der Waals surface area contributed by atoms with E-state index in [2.05, 4.69) is 10.3 Å². The van der Waals surface area contributed by atoms with E-state index in [-0.39, 0.29) is 11.9 Å². The molecule has 0 aliphatic carbocycles. The molecule has 1 unspecified atom stereocenters. The van der Waals surface area contributed by atoms with Crippen LogP contribution < -0.4 is 11.1 Å². The van der Waals surface area contributed by atoms with Gasteiger partial charge in [-0.15, -0.1) is 0 Å². The molecule has 0 aliphatic rings. The molecule has 1 aromatic carbocycles. The van der Waals surface area contributed by atoms with Gasteiger partial charge >= 0.3 is 0 Å². The first-order valence-corrected chi connectivity index (χ1v) is 5.97. The Bertz CT molecular complexity index is 524. The van der Waals surface area contributed by atoms with Gasteiger partial charge in [-0.3, -0.25) is 4.79 Å². The zero-order chi connectivity index (χ0) is 13.0. The molecule has 5 heteroatoms. The van der Waals surface area contributed by atoms with E-state index in [4.69, 9.17) is 17.3 Å². The van der Waals surface area contributed by atoms with Gasteiger partial charge in [-0.25, -0.2) is 0 Å². The molecule has 1 heterocycles. The van der Waals surface area contributed by atoms with Crippen LogP contribution in [0.15, 0.2) is 42.6 Å². The Morgan fingerprint density at radius 3 is 2.72 bits per heavy atom. The van der Waals surface area contributed by atoms with Crippen molar-refractivity contribution in [1.82, 2.24) is 10.3 Å². The third-order valence-corrected chi connectivity index (χ3v) is 2.82. The van der Waals surface area contributed by atoms with Crippen molar-refractivity contribution in [1.29, 1.82) is 0 Å². The van der Waals surface area contributed by atoms with Crippen LogP contribution in [0.2, 0.25) is 5.02 Å². The monoisotopic (exact) mass is 263 g/mol. The van der Waals surface area contributed by atoms with Gasteiger partial charge in [0.25, 0.3) is 5.91 Å². The minimum Gasteiger partial charge on any atom is -0.356 e. The molecule has 0 saturated carbocycles. The van der Waals surface area contributed by atoms with Crippen LogP contribution in [0.25, 0.3) is 0 Å². The lowest BCUT2D eigenvalue weighted by Gasteiger charge is -2.12. The number of hydrogen-bond donors (Lipinski definition) is 3. The quantitative estimate of drug-likeness (QED) is 0.791. The molecule has 18 heavy (non-hydrogen) atoms. The number of amides is 1. The molecule has 2 aromatic rings. The Kier molecular flexibility index (Phi) is 4.02. The van der Waals surface area contributed by atoms with Crippen molar-refractivity contribution in [3.63, 3.8) is 0 Å². The summed E-state index contributed by atoms with van der Waals surface area (Å²) in [5, 5.41) is 3.26. The number of halogens is 1. The second-order valence-electron chi connectivity index (χ2n) is 3.96. The number of rotatable bonds is 4. The lowest BCUT2D eigenvalue weighted by atomic mass is 10.1. The summed E-state index contributed by atoms with van der Waals surface area (Å²) in [5.74, 6) is -0.215. The summed E-state index contributed by atoms with van der Waals surface area (Å²) in [4.78, 5) is 14.5. The molecular formula is C13H14ClN3O. The van der Waals surface area contributed by atoms with Gasteiger partial charge in [0.2, 0.25) is 0 Å². The van der Waals surface area contributed by atoms with E-state index < -0.39 is 0 Å². The summed E-state index contributed by atoms with van der Waals surface area (Å²) in [6.07, 6.45) is 1.56. The maximum atomic E-state index is 11.7. The average molecular weight is 264 g/mol. The Balaban J connectivity index is 1.90. The Labute approximate surface area is 110 Å². The van der Waals surface area contributed by atoms with Crippen LogP contribution in [0, 0.1) is 0 Å². The number of benzene rings is 1. The van der Waals surface area contributed by atoms with Crippen LogP contribution in [0.3, 0.4) is 0 Å². The lowest BCUT2D eigenvalue weighted by Crippen LogP contribution is -2.32. The maximum Gasteiger partial charge on any atom is 0.267 e. The van der Waals surface area contributed by atoms with Gasteiger partial charge < -0.3 is 16.0 Å². The molecule has 2 rings (SSSR count). The summed E-state index contributed by atoms with van der Waals surface area (Å²) in [7, 11) is 0. The molecule has 1 atom stereocenters. The van der Waals surface area contributed by atoms with Crippen molar-refractivity contribution >= 4 is 17.5 Å². The summed E-state index contributed by atoms with van der Waals surface area (Å²) < 4.78 is 0. The molecule has 0 saturated heterocycles.